The van der Waals surface area contributed by atoms with Gasteiger partial charge in [-0.25, -0.2) is 9.59 Å². The van der Waals surface area contributed by atoms with E-state index in [2.05, 4.69) is 5.32 Å². The van der Waals surface area contributed by atoms with E-state index >= 15 is 0 Å². The van der Waals surface area contributed by atoms with E-state index in [9.17, 15) is 48.3 Å². The van der Waals surface area contributed by atoms with Gasteiger partial charge in [-0.3, -0.25) is 33.6 Å². The van der Waals surface area contributed by atoms with E-state index in [0.717, 1.165) is 21.4 Å². The SMILES string of the molecule is COc1ccc(CC[C@H]2OC(=O)[C@@H]3CCCCN3C(=O)C(=O)C(C)(C)COC(=O)/C=C\CCN(C)C(=O)[C@@H]3CCCN3C(=O)[C@H](CO)N(C)C(=O)C(c3ccccc3)NC(=O)[C@H](C)N(C)C(=O)COc3cccc2c3)cc1OC. The second kappa shape index (κ2) is 27.7. The quantitative estimate of drug-likeness (QED) is 0.253. The summed E-state index contributed by atoms with van der Waals surface area (Å²) in [6.07, 6.45) is 4.63. The molecule has 1 unspecified atom stereocenters. The molecular formula is C58H74N6O15. The Hall–Kier alpha value is -7.81. The number of likely N-dealkylation sites (N-methyl/N-ethyl adjacent to an activating group) is 3. The maximum absolute atomic E-state index is 14.5. The first-order valence-corrected chi connectivity index (χ1v) is 26.6. The largest absolute Gasteiger partial charge is 0.493 e. The number of amides is 6. The summed E-state index contributed by atoms with van der Waals surface area (Å²) < 4.78 is 28.7. The molecular weight excluding hydrogens is 1020 g/mol. The number of methoxy groups -OCH3 is 2. The number of aryl methyl sites for hydroxylation is 1. The number of fused-ring (bicyclic) bond motifs is 4. The molecule has 0 spiro atoms. The minimum atomic E-state index is -1.50. The Morgan fingerprint density at radius 2 is 1.42 bits per heavy atom. The van der Waals surface area contributed by atoms with Crippen molar-refractivity contribution in [3.8, 4) is 17.2 Å². The fourth-order valence-corrected chi connectivity index (χ4v) is 9.70. The van der Waals surface area contributed by atoms with Crippen molar-refractivity contribution in [1.82, 2.24) is 29.8 Å². The number of carbonyl (C=O) groups is 9. The highest BCUT2D eigenvalue weighted by atomic mass is 16.5. The summed E-state index contributed by atoms with van der Waals surface area (Å²) in [5, 5.41) is 13.4. The third-order valence-electron chi connectivity index (χ3n) is 14.8. The van der Waals surface area contributed by atoms with Gasteiger partial charge in [-0.05, 0) is 113 Å². The van der Waals surface area contributed by atoms with Gasteiger partial charge in [-0.15, -0.1) is 0 Å². The molecule has 0 radical (unpaired) electrons. The molecule has 6 amide bonds. The number of hydrogen-bond donors (Lipinski definition) is 2. The molecule has 2 N–H and O–H groups in total. The van der Waals surface area contributed by atoms with Gasteiger partial charge in [0.2, 0.25) is 29.4 Å². The monoisotopic (exact) mass is 1090 g/mol. The van der Waals surface area contributed by atoms with Gasteiger partial charge >= 0.3 is 11.9 Å². The lowest BCUT2D eigenvalue weighted by molar-refractivity contribution is -0.165. The predicted molar refractivity (Wildman–Crippen MR) is 287 cm³/mol. The highest BCUT2D eigenvalue weighted by Gasteiger charge is 2.44. The number of aliphatic hydroxyl groups excluding tert-OH is 1. The Morgan fingerprint density at radius 3 is 2.13 bits per heavy atom. The molecule has 3 aliphatic heterocycles. The van der Waals surface area contributed by atoms with E-state index in [1.54, 1.807) is 67.7 Å². The summed E-state index contributed by atoms with van der Waals surface area (Å²) in [4.78, 5) is 132. The summed E-state index contributed by atoms with van der Waals surface area (Å²) in [6, 6.07) is 14.3. The molecule has 0 aliphatic carbocycles. The van der Waals surface area contributed by atoms with E-state index in [1.807, 2.05) is 12.1 Å². The molecule has 21 heteroatoms. The average Bonchev–Trinajstić information content (AvgIpc) is 4.02. The molecule has 426 valence electrons. The van der Waals surface area contributed by atoms with E-state index in [0.29, 0.717) is 54.7 Å². The molecule has 3 aromatic rings. The van der Waals surface area contributed by atoms with Gasteiger partial charge in [0.1, 0.15) is 48.7 Å². The number of rotatable bonds is 7. The fraction of sp³-hybridized carbons (Fsp3) is 0.500. The summed E-state index contributed by atoms with van der Waals surface area (Å²) in [6.45, 7) is 3.03. The number of esters is 2. The third-order valence-corrected chi connectivity index (χ3v) is 14.8. The number of hydrogen-bond acceptors (Lipinski definition) is 15. The molecule has 3 heterocycles. The minimum Gasteiger partial charge on any atom is -0.493 e. The first-order valence-electron chi connectivity index (χ1n) is 26.6. The Bertz CT molecular complexity index is 2730. The Labute approximate surface area is 461 Å². The Balaban J connectivity index is 1.30. The first kappa shape index (κ1) is 60.4. The van der Waals surface area contributed by atoms with E-state index in [4.69, 9.17) is 23.7 Å². The number of benzene rings is 3. The highest BCUT2D eigenvalue weighted by molar-refractivity contribution is 6.38. The van der Waals surface area contributed by atoms with Crippen LogP contribution in [0, 0.1) is 5.41 Å². The van der Waals surface area contributed by atoms with Gasteiger partial charge in [-0.2, -0.15) is 0 Å². The van der Waals surface area contributed by atoms with Crippen LogP contribution in [0.1, 0.15) is 94.6 Å². The number of piperidine rings is 1. The lowest BCUT2D eigenvalue weighted by atomic mass is 9.87. The van der Waals surface area contributed by atoms with Crippen LogP contribution in [0.15, 0.2) is 84.9 Å². The molecule has 3 aromatic carbocycles. The van der Waals surface area contributed by atoms with E-state index < -0.39 is 115 Å². The van der Waals surface area contributed by atoms with Gasteiger partial charge in [0.25, 0.3) is 11.8 Å². The normalized spacial score (nSPS) is 24.6. The van der Waals surface area contributed by atoms with Crippen LogP contribution in [0.25, 0.3) is 0 Å². The molecule has 0 aromatic heterocycles. The Morgan fingerprint density at radius 1 is 0.722 bits per heavy atom. The zero-order valence-electron chi connectivity index (χ0n) is 46.3. The molecule has 2 bridgehead atoms. The van der Waals surface area contributed by atoms with Crippen molar-refractivity contribution in [2.24, 2.45) is 5.41 Å². The van der Waals surface area contributed by atoms with Gasteiger partial charge < -0.3 is 58.6 Å². The summed E-state index contributed by atoms with van der Waals surface area (Å²) in [7, 11) is 7.32. The second-order valence-electron chi connectivity index (χ2n) is 20.7. The number of carbonyl (C=O) groups excluding carboxylic acids is 9. The zero-order valence-corrected chi connectivity index (χ0v) is 46.3. The minimum absolute atomic E-state index is 0.101. The van der Waals surface area contributed by atoms with Crippen molar-refractivity contribution in [2.75, 3.05) is 74.8 Å². The van der Waals surface area contributed by atoms with E-state index in [1.165, 1.54) is 69.9 Å². The highest BCUT2D eigenvalue weighted by Crippen LogP contribution is 2.33. The molecule has 2 saturated heterocycles. The van der Waals surface area contributed by atoms with Crippen molar-refractivity contribution in [1.29, 1.82) is 0 Å². The summed E-state index contributed by atoms with van der Waals surface area (Å²) in [5.41, 5.74) is 0.187. The van der Waals surface area contributed by atoms with Gasteiger partial charge in [0.05, 0.1) is 26.2 Å². The van der Waals surface area contributed by atoms with Crippen LogP contribution in [0.4, 0.5) is 0 Å². The number of aliphatic hydroxyl groups is 1. The van der Waals surface area contributed by atoms with Crippen LogP contribution in [0.5, 0.6) is 17.2 Å². The third kappa shape index (κ3) is 15.1. The average molecular weight is 1100 g/mol. The smallest absolute Gasteiger partial charge is 0.330 e. The first-order chi connectivity index (χ1) is 37.7. The number of ether oxygens (including phenoxy) is 5. The van der Waals surface area contributed by atoms with Crippen LogP contribution in [-0.2, 0) is 59.0 Å². The molecule has 79 heavy (non-hydrogen) atoms. The van der Waals surface area contributed by atoms with Gasteiger partial charge in [0.15, 0.2) is 18.1 Å². The second-order valence-corrected chi connectivity index (χ2v) is 20.7. The van der Waals surface area contributed by atoms with Crippen molar-refractivity contribution in [3.05, 3.63) is 102 Å². The Kier molecular flexibility index (Phi) is 21.2. The maximum atomic E-state index is 14.5. The van der Waals surface area contributed by atoms with Crippen molar-refractivity contribution >= 4 is 53.2 Å². The van der Waals surface area contributed by atoms with Gasteiger partial charge in [0, 0.05) is 46.9 Å². The number of ketones is 1. The molecule has 0 saturated carbocycles. The van der Waals surface area contributed by atoms with Crippen molar-refractivity contribution in [2.45, 2.75) is 108 Å². The van der Waals surface area contributed by atoms with E-state index in [-0.39, 0.29) is 44.6 Å². The molecule has 3 aliphatic rings. The predicted octanol–water partition coefficient (Wildman–Crippen LogP) is 3.75. The molecule has 21 nitrogen and oxygen atoms in total. The van der Waals surface area contributed by atoms with Crippen LogP contribution in [-0.4, -0.2) is 182 Å². The number of nitrogens with one attached hydrogen (secondary N) is 1. The fourth-order valence-electron chi connectivity index (χ4n) is 9.70. The topological polar surface area (TPSA) is 248 Å². The van der Waals surface area contributed by atoms with Crippen LogP contribution >= 0.6 is 0 Å². The van der Waals surface area contributed by atoms with Crippen LogP contribution in [0.2, 0.25) is 0 Å². The van der Waals surface area contributed by atoms with Gasteiger partial charge in [-0.1, -0.05) is 54.6 Å². The van der Waals surface area contributed by atoms with Crippen molar-refractivity contribution < 1.29 is 71.9 Å². The molecule has 6 rings (SSSR count). The summed E-state index contributed by atoms with van der Waals surface area (Å²) in [5.74, 6) is -5.23. The zero-order chi connectivity index (χ0) is 57.6. The molecule has 2 fully saturated rings. The lowest BCUT2D eigenvalue weighted by Crippen LogP contribution is -2.57. The number of Topliss-reactive ketones (excluding diaryl/α,β-unsaturated/α-hetero) is 1. The number of cyclic esters (lactones) is 2. The maximum Gasteiger partial charge on any atom is 0.330 e. The lowest BCUT2D eigenvalue weighted by Gasteiger charge is -2.36. The number of nitrogens with zero attached hydrogens (tertiary/aromatic N) is 5. The van der Waals surface area contributed by atoms with Crippen molar-refractivity contribution in [3.63, 3.8) is 0 Å². The standard InChI is InChI=1S/C58H74N6O15/c1-37-52(69)59-50(39-18-10-9-11-19-39)55(72)62(6)44(34-65)54(71)63-31-17-23-42(63)53(70)60(4)29-14-13-24-49(67)78-36-58(2,3)51(68)56(73)64-30-15-12-22-43(64)57(74)79-45(27-25-38-26-28-46(75-7)47(32-38)76-8)40-20-16-21-41(33-40)77-35-48(66)61(37)5/h9-11,13,16,18-21,24,26,28,32-33,37,42-45,50,65H,12,14-15,17,22-23,25,27,29-31,34-36H2,1-8H3,(H,59,69)/b24-13-/t37-,42-,43-,44-,45+,50?/m0/s1. The van der Waals surface area contributed by atoms with Crippen LogP contribution < -0.4 is 19.5 Å². The summed E-state index contributed by atoms with van der Waals surface area (Å²) >= 11 is 0. The molecule has 6 atom stereocenters. The van der Waals surface area contributed by atoms with Crippen LogP contribution in [0.3, 0.4) is 0 Å².